The molecule has 0 spiro atoms. The fourth-order valence-corrected chi connectivity index (χ4v) is 3.18. The number of fused-ring (bicyclic) bond motifs is 1. The Morgan fingerprint density at radius 2 is 1.88 bits per heavy atom. The van der Waals surface area contributed by atoms with E-state index in [4.69, 9.17) is 21.1 Å². The summed E-state index contributed by atoms with van der Waals surface area (Å²) in [5.74, 6) is -0.719. The van der Waals surface area contributed by atoms with Crippen molar-refractivity contribution in [3.8, 4) is 5.75 Å². The van der Waals surface area contributed by atoms with Crippen LogP contribution in [0.2, 0.25) is 5.02 Å². The molecule has 2 aromatic rings. The Labute approximate surface area is 157 Å². The van der Waals surface area contributed by atoms with Crippen LogP contribution in [0.25, 0.3) is 0 Å². The highest BCUT2D eigenvalue weighted by Crippen LogP contribution is 2.26. The normalized spacial score (nSPS) is 13.7. The van der Waals surface area contributed by atoms with Crippen molar-refractivity contribution in [1.29, 1.82) is 0 Å². The largest absolute Gasteiger partial charge is 0.496 e. The third kappa shape index (κ3) is 3.99. The first-order valence-electron chi connectivity index (χ1n) is 8.45. The molecule has 0 aliphatic heterocycles. The molecular weight excluding hydrogens is 354 g/mol. The summed E-state index contributed by atoms with van der Waals surface area (Å²) in [4.78, 5) is 24.7. The van der Waals surface area contributed by atoms with E-state index in [1.165, 1.54) is 31.2 Å². The Morgan fingerprint density at radius 3 is 2.65 bits per heavy atom. The summed E-state index contributed by atoms with van der Waals surface area (Å²) in [6, 6.07) is 10.5. The number of hydrogen-bond acceptors (Lipinski definition) is 4. The van der Waals surface area contributed by atoms with E-state index in [1.54, 1.807) is 12.1 Å². The fraction of sp³-hybridized carbons (Fsp3) is 0.300. The summed E-state index contributed by atoms with van der Waals surface area (Å²) in [5, 5.41) is 3.18. The lowest BCUT2D eigenvalue weighted by molar-refractivity contribution is -0.123. The van der Waals surface area contributed by atoms with Crippen molar-refractivity contribution in [3.05, 3.63) is 58.1 Å². The molecule has 2 aromatic carbocycles. The summed E-state index contributed by atoms with van der Waals surface area (Å²) in [5.41, 5.74) is 3.47. The van der Waals surface area contributed by atoms with Crippen molar-refractivity contribution in [1.82, 2.24) is 0 Å². The van der Waals surface area contributed by atoms with E-state index >= 15 is 0 Å². The van der Waals surface area contributed by atoms with Gasteiger partial charge in [0, 0.05) is 10.7 Å². The molecule has 26 heavy (non-hydrogen) atoms. The standard InChI is InChI=1S/C20H20ClNO4/c1-12(26-20(24)17-11-15(21)7-9-18(17)25-2)19(23)22-16-8-6-13-4-3-5-14(13)10-16/h6-12H,3-5H2,1-2H3,(H,22,23)/t12-/m0/s1. The maximum atomic E-state index is 12.4. The Balaban J connectivity index is 1.66. The number of carbonyl (C=O) groups is 2. The van der Waals surface area contributed by atoms with Gasteiger partial charge in [-0.25, -0.2) is 4.79 Å². The SMILES string of the molecule is COc1ccc(Cl)cc1C(=O)O[C@@H](C)C(=O)Nc1ccc2c(c1)CCC2. The van der Waals surface area contributed by atoms with Crippen molar-refractivity contribution >= 4 is 29.2 Å². The molecule has 136 valence electrons. The van der Waals surface area contributed by atoms with Crippen molar-refractivity contribution in [3.63, 3.8) is 0 Å². The molecule has 1 amide bonds. The van der Waals surface area contributed by atoms with Crippen molar-refractivity contribution in [2.75, 3.05) is 12.4 Å². The van der Waals surface area contributed by atoms with E-state index < -0.39 is 18.0 Å². The summed E-state index contributed by atoms with van der Waals surface area (Å²) in [6.07, 6.45) is 2.29. The van der Waals surface area contributed by atoms with Crippen molar-refractivity contribution in [2.24, 2.45) is 0 Å². The van der Waals surface area contributed by atoms with Crippen LogP contribution in [0.15, 0.2) is 36.4 Å². The second-order valence-electron chi connectivity index (χ2n) is 6.22. The fourth-order valence-electron chi connectivity index (χ4n) is 3.01. The number of esters is 1. The average Bonchev–Trinajstić information content (AvgIpc) is 3.09. The molecule has 0 saturated carbocycles. The lowest BCUT2D eigenvalue weighted by Crippen LogP contribution is -2.30. The number of rotatable bonds is 5. The number of nitrogens with one attached hydrogen (secondary N) is 1. The van der Waals surface area contributed by atoms with Crippen LogP contribution in [0.1, 0.15) is 34.8 Å². The third-order valence-corrected chi connectivity index (χ3v) is 4.64. The first-order valence-corrected chi connectivity index (χ1v) is 8.83. The molecule has 5 nitrogen and oxygen atoms in total. The number of methoxy groups -OCH3 is 1. The Morgan fingerprint density at radius 1 is 1.12 bits per heavy atom. The van der Waals surface area contributed by atoms with Gasteiger partial charge < -0.3 is 14.8 Å². The van der Waals surface area contributed by atoms with Crippen LogP contribution in [-0.4, -0.2) is 25.1 Å². The van der Waals surface area contributed by atoms with Crippen LogP contribution >= 0.6 is 11.6 Å². The topological polar surface area (TPSA) is 64.6 Å². The summed E-state index contributed by atoms with van der Waals surface area (Å²) in [7, 11) is 1.45. The number of carbonyl (C=O) groups excluding carboxylic acids is 2. The number of hydrogen-bond donors (Lipinski definition) is 1. The van der Waals surface area contributed by atoms with Gasteiger partial charge in [0.2, 0.25) is 0 Å². The zero-order chi connectivity index (χ0) is 18.7. The van der Waals surface area contributed by atoms with Gasteiger partial charge in [0.05, 0.1) is 7.11 Å². The highest BCUT2D eigenvalue weighted by atomic mass is 35.5. The van der Waals surface area contributed by atoms with Gasteiger partial charge in [0.15, 0.2) is 6.10 Å². The predicted molar refractivity (Wildman–Crippen MR) is 100.0 cm³/mol. The zero-order valence-corrected chi connectivity index (χ0v) is 15.4. The predicted octanol–water partition coefficient (Wildman–Crippen LogP) is 4.02. The van der Waals surface area contributed by atoms with Crippen LogP contribution < -0.4 is 10.1 Å². The smallest absolute Gasteiger partial charge is 0.342 e. The van der Waals surface area contributed by atoms with E-state index in [-0.39, 0.29) is 5.56 Å². The number of anilines is 1. The van der Waals surface area contributed by atoms with Gasteiger partial charge in [0.25, 0.3) is 5.91 Å². The quantitative estimate of drug-likeness (QED) is 0.804. The van der Waals surface area contributed by atoms with Gasteiger partial charge in [-0.15, -0.1) is 0 Å². The Bertz CT molecular complexity index is 850. The molecule has 6 heteroatoms. The molecule has 0 saturated heterocycles. The van der Waals surface area contributed by atoms with E-state index in [0.29, 0.717) is 16.5 Å². The maximum Gasteiger partial charge on any atom is 0.342 e. The highest BCUT2D eigenvalue weighted by Gasteiger charge is 2.22. The number of benzene rings is 2. The van der Waals surface area contributed by atoms with Crippen LogP contribution in [0.5, 0.6) is 5.75 Å². The van der Waals surface area contributed by atoms with Crippen LogP contribution in [0, 0.1) is 0 Å². The van der Waals surface area contributed by atoms with Crippen LogP contribution in [0.3, 0.4) is 0 Å². The summed E-state index contributed by atoms with van der Waals surface area (Å²) in [6.45, 7) is 1.53. The van der Waals surface area contributed by atoms with Gasteiger partial charge in [0.1, 0.15) is 11.3 Å². The van der Waals surface area contributed by atoms with Crippen LogP contribution in [-0.2, 0) is 22.4 Å². The second-order valence-corrected chi connectivity index (χ2v) is 6.65. The third-order valence-electron chi connectivity index (χ3n) is 4.40. The minimum atomic E-state index is -0.959. The van der Waals surface area contributed by atoms with Gasteiger partial charge in [-0.3, -0.25) is 4.79 Å². The second kappa shape index (κ2) is 7.79. The molecule has 0 radical (unpaired) electrons. The van der Waals surface area contributed by atoms with E-state index in [1.807, 2.05) is 18.2 Å². The molecule has 1 N–H and O–H groups in total. The minimum Gasteiger partial charge on any atom is -0.496 e. The maximum absolute atomic E-state index is 12.4. The van der Waals surface area contributed by atoms with Gasteiger partial charge >= 0.3 is 5.97 Å². The molecule has 0 heterocycles. The molecule has 0 unspecified atom stereocenters. The average molecular weight is 374 g/mol. The Hall–Kier alpha value is -2.53. The first kappa shape index (κ1) is 18.3. The molecule has 0 fully saturated rings. The van der Waals surface area contributed by atoms with Gasteiger partial charge in [-0.2, -0.15) is 0 Å². The van der Waals surface area contributed by atoms with Crippen molar-refractivity contribution in [2.45, 2.75) is 32.3 Å². The lowest BCUT2D eigenvalue weighted by Gasteiger charge is -2.15. The monoisotopic (exact) mass is 373 g/mol. The summed E-state index contributed by atoms with van der Waals surface area (Å²) < 4.78 is 10.4. The first-order chi connectivity index (χ1) is 12.5. The molecular formula is C20H20ClNO4. The zero-order valence-electron chi connectivity index (χ0n) is 14.7. The Kier molecular flexibility index (Phi) is 5.47. The molecule has 1 aliphatic rings. The highest BCUT2D eigenvalue weighted by molar-refractivity contribution is 6.31. The summed E-state index contributed by atoms with van der Waals surface area (Å²) >= 11 is 5.93. The number of ether oxygens (including phenoxy) is 2. The van der Waals surface area contributed by atoms with Crippen LogP contribution in [0.4, 0.5) is 5.69 Å². The molecule has 0 bridgehead atoms. The lowest BCUT2D eigenvalue weighted by atomic mass is 10.1. The number of aryl methyl sites for hydroxylation is 2. The molecule has 1 aliphatic carbocycles. The van der Waals surface area contributed by atoms with E-state index in [0.717, 1.165) is 19.3 Å². The number of amides is 1. The molecule has 3 rings (SSSR count). The molecule has 1 atom stereocenters. The van der Waals surface area contributed by atoms with Gasteiger partial charge in [-0.1, -0.05) is 17.7 Å². The van der Waals surface area contributed by atoms with Gasteiger partial charge in [-0.05, 0) is 67.6 Å². The van der Waals surface area contributed by atoms with E-state index in [9.17, 15) is 9.59 Å². The number of halogens is 1. The van der Waals surface area contributed by atoms with E-state index in [2.05, 4.69) is 5.32 Å². The molecule has 0 aromatic heterocycles. The van der Waals surface area contributed by atoms with Crippen molar-refractivity contribution < 1.29 is 19.1 Å². The minimum absolute atomic E-state index is 0.178.